The highest BCUT2D eigenvalue weighted by molar-refractivity contribution is 5.76. The molecule has 4 nitrogen and oxygen atoms in total. The van der Waals surface area contributed by atoms with Crippen molar-refractivity contribution in [3.05, 3.63) is 29.6 Å². The van der Waals surface area contributed by atoms with Crippen LogP contribution in [0.15, 0.2) is 18.2 Å². The van der Waals surface area contributed by atoms with E-state index in [4.69, 9.17) is 9.72 Å². The lowest BCUT2D eigenvalue weighted by Gasteiger charge is -2.23. The Morgan fingerprint density at radius 3 is 3.11 bits per heavy atom. The molecule has 2 heterocycles. The lowest BCUT2D eigenvalue weighted by Crippen LogP contribution is -2.40. The molecule has 19 heavy (non-hydrogen) atoms. The minimum absolute atomic E-state index is 0.247. The van der Waals surface area contributed by atoms with Crippen molar-refractivity contribution < 1.29 is 4.74 Å². The SMILES string of the molecule is CCn1c(CC2CNCCO2)nc2cc(C)ccc21. The Kier molecular flexibility index (Phi) is 3.53. The second kappa shape index (κ2) is 5.31. The van der Waals surface area contributed by atoms with Crippen molar-refractivity contribution in [2.75, 3.05) is 19.7 Å². The van der Waals surface area contributed by atoms with E-state index in [1.807, 2.05) is 0 Å². The van der Waals surface area contributed by atoms with Gasteiger partial charge >= 0.3 is 0 Å². The molecule has 1 saturated heterocycles. The zero-order valence-corrected chi connectivity index (χ0v) is 11.6. The Labute approximate surface area is 113 Å². The molecule has 3 rings (SSSR count). The number of rotatable bonds is 3. The van der Waals surface area contributed by atoms with E-state index in [0.29, 0.717) is 0 Å². The van der Waals surface area contributed by atoms with Crippen LogP contribution in [0.4, 0.5) is 0 Å². The molecular formula is C15H21N3O. The molecule has 0 spiro atoms. The van der Waals surface area contributed by atoms with E-state index in [1.54, 1.807) is 0 Å². The molecule has 1 atom stereocenters. The molecule has 0 amide bonds. The Balaban J connectivity index is 1.93. The quantitative estimate of drug-likeness (QED) is 0.915. The zero-order chi connectivity index (χ0) is 13.2. The summed E-state index contributed by atoms with van der Waals surface area (Å²) in [5, 5.41) is 3.37. The molecule has 0 saturated carbocycles. The van der Waals surface area contributed by atoms with E-state index >= 15 is 0 Å². The van der Waals surface area contributed by atoms with Crippen LogP contribution in [0.25, 0.3) is 11.0 Å². The highest BCUT2D eigenvalue weighted by Gasteiger charge is 2.18. The molecule has 102 valence electrons. The Hall–Kier alpha value is -1.39. The van der Waals surface area contributed by atoms with Gasteiger partial charge in [0.15, 0.2) is 0 Å². The highest BCUT2D eigenvalue weighted by atomic mass is 16.5. The van der Waals surface area contributed by atoms with Gasteiger partial charge in [0.25, 0.3) is 0 Å². The first-order valence-corrected chi connectivity index (χ1v) is 7.06. The van der Waals surface area contributed by atoms with Crippen LogP contribution in [0, 0.1) is 6.92 Å². The summed E-state index contributed by atoms with van der Waals surface area (Å²) in [6.45, 7) is 7.92. The summed E-state index contributed by atoms with van der Waals surface area (Å²) >= 11 is 0. The van der Waals surface area contributed by atoms with Crippen LogP contribution in [0.2, 0.25) is 0 Å². The van der Waals surface area contributed by atoms with Crippen LogP contribution < -0.4 is 5.32 Å². The van der Waals surface area contributed by atoms with E-state index in [9.17, 15) is 0 Å². The van der Waals surface area contributed by atoms with E-state index in [-0.39, 0.29) is 6.10 Å². The molecule has 1 N–H and O–H groups in total. The summed E-state index contributed by atoms with van der Waals surface area (Å²) in [5.74, 6) is 1.14. The van der Waals surface area contributed by atoms with Crippen LogP contribution in [-0.2, 0) is 17.7 Å². The number of aromatic nitrogens is 2. The smallest absolute Gasteiger partial charge is 0.112 e. The normalized spacial score (nSPS) is 20.0. The van der Waals surface area contributed by atoms with Crippen molar-refractivity contribution in [2.45, 2.75) is 32.9 Å². The topological polar surface area (TPSA) is 39.1 Å². The highest BCUT2D eigenvalue weighted by Crippen LogP contribution is 2.19. The number of benzene rings is 1. The molecule has 1 aromatic carbocycles. The molecule has 1 aromatic heterocycles. The molecule has 1 unspecified atom stereocenters. The monoisotopic (exact) mass is 259 g/mol. The van der Waals surface area contributed by atoms with E-state index < -0.39 is 0 Å². The molecule has 0 bridgehead atoms. The molecular weight excluding hydrogens is 238 g/mol. The number of aryl methyl sites for hydroxylation is 2. The van der Waals surface area contributed by atoms with Crippen molar-refractivity contribution in [3.63, 3.8) is 0 Å². The van der Waals surface area contributed by atoms with Crippen molar-refractivity contribution in [1.29, 1.82) is 0 Å². The predicted molar refractivity (Wildman–Crippen MR) is 76.5 cm³/mol. The maximum absolute atomic E-state index is 5.79. The predicted octanol–water partition coefficient (Wildman–Crippen LogP) is 1.90. The van der Waals surface area contributed by atoms with E-state index in [2.05, 4.69) is 41.9 Å². The summed E-state index contributed by atoms with van der Waals surface area (Å²) < 4.78 is 8.08. The first kappa shape index (κ1) is 12.6. The van der Waals surface area contributed by atoms with Gasteiger partial charge in [-0.3, -0.25) is 0 Å². The van der Waals surface area contributed by atoms with Crippen LogP contribution in [0.1, 0.15) is 18.3 Å². The molecule has 2 aromatic rings. The molecule has 4 heteroatoms. The van der Waals surface area contributed by atoms with Crippen molar-refractivity contribution in [2.24, 2.45) is 0 Å². The third-order valence-corrected chi connectivity index (χ3v) is 3.71. The summed E-state index contributed by atoms with van der Waals surface area (Å²) in [4.78, 5) is 4.79. The molecule has 1 aliphatic heterocycles. The minimum Gasteiger partial charge on any atom is -0.375 e. The fourth-order valence-corrected chi connectivity index (χ4v) is 2.75. The Morgan fingerprint density at radius 1 is 1.47 bits per heavy atom. The Morgan fingerprint density at radius 2 is 2.37 bits per heavy atom. The van der Waals surface area contributed by atoms with Crippen LogP contribution in [-0.4, -0.2) is 35.4 Å². The van der Waals surface area contributed by atoms with Gasteiger partial charge in [0.2, 0.25) is 0 Å². The summed E-state index contributed by atoms with van der Waals surface area (Å²) in [6, 6.07) is 6.48. The number of nitrogens with zero attached hydrogens (tertiary/aromatic N) is 2. The van der Waals surface area contributed by atoms with Crippen molar-refractivity contribution in [1.82, 2.24) is 14.9 Å². The number of fused-ring (bicyclic) bond motifs is 1. The Bertz CT molecular complexity index is 570. The lowest BCUT2D eigenvalue weighted by molar-refractivity contribution is 0.0276. The second-order valence-corrected chi connectivity index (χ2v) is 5.17. The summed E-state index contributed by atoms with van der Waals surface area (Å²) in [5.41, 5.74) is 3.59. The third-order valence-electron chi connectivity index (χ3n) is 3.71. The zero-order valence-electron chi connectivity index (χ0n) is 11.6. The standard InChI is InChI=1S/C15H21N3O/c1-3-18-14-5-4-11(2)8-13(14)17-15(18)9-12-10-16-6-7-19-12/h4-5,8,12,16H,3,6-7,9-10H2,1-2H3. The molecule has 1 fully saturated rings. The lowest BCUT2D eigenvalue weighted by atomic mass is 10.2. The molecule has 1 aliphatic rings. The van der Waals surface area contributed by atoms with Crippen molar-refractivity contribution in [3.8, 4) is 0 Å². The number of imidazole rings is 1. The molecule has 0 aliphatic carbocycles. The second-order valence-electron chi connectivity index (χ2n) is 5.17. The maximum Gasteiger partial charge on any atom is 0.112 e. The van der Waals surface area contributed by atoms with Gasteiger partial charge in [0.1, 0.15) is 5.82 Å². The average molecular weight is 259 g/mol. The van der Waals surface area contributed by atoms with Gasteiger partial charge < -0.3 is 14.6 Å². The average Bonchev–Trinajstić information content (AvgIpc) is 2.76. The first-order chi connectivity index (χ1) is 9.28. The van der Waals surface area contributed by atoms with Crippen LogP contribution in [0.5, 0.6) is 0 Å². The maximum atomic E-state index is 5.79. The fraction of sp³-hybridized carbons (Fsp3) is 0.533. The van der Waals surface area contributed by atoms with Crippen LogP contribution in [0.3, 0.4) is 0 Å². The van der Waals surface area contributed by atoms with Gasteiger partial charge in [-0.05, 0) is 31.5 Å². The number of morpholine rings is 1. The summed E-state index contributed by atoms with van der Waals surface area (Å²) in [6.07, 6.45) is 1.13. The van der Waals surface area contributed by atoms with Gasteiger partial charge in [-0.1, -0.05) is 6.07 Å². The first-order valence-electron chi connectivity index (χ1n) is 7.06. The number of hydrogen-bond donors (Lipinski definition) is 1. The van der Waals surface area contributed by atoms with E-state index in [0.717, 1.165) is 44.0 Å². The third kappa shape index (κ3) is 2.51. The number of ether oxygens (including phenoxy) is 1. The van der Waals surface area contributed by atoms with Gasteiger partial charge in [0.05, 0.1) is 23.7 Å². The van der Waals surface area contributed by atoms with Crippen molar-refractivity contribution >= 4 is 11.0 Å². The van der Waals surface area contributed by atoms with Gasteiger partial charge in [-0.15, -0.1) is 0 Å². The minimum atomic E-state index is 0.247. The van der Waals surface area contributed by atoms with Crippen LogP contribution >= 0.6 is 0 Å². The van der Waals surface area contributed by atoms with Gasteiger partial charge in [-0.2, -0.15) is 0 Å². The molecule has 0 radical (unpaired) electrons. The number of hydrogen-bond acceptors (Lipinski definition) is 3. The van der Waals surface area contributed by atoms with E-state index in [1.165, 1.54) is 11.1 Å². The van der Waals surface area contributed by atoms with Gasteiger partial charge in [-0.25, -0.2) is 4.98 Å². The van der Waals surface area contributed by atoms with Gasteiger partial charge in [0, 0.05) is 26.1 Å². The largest absolute Gasteiger partial charge is 0.375 e. The number of nitrogens with one attached hydrogen (secondary N) is 1. The summed E-state index contributed by atoms with van der Waals surface area (Å²) in [7, 11) is 0. The fourth-order valence-electron chi connectivity index (χ4n) is 2.75.